The lowest BCUT2D eigenvalue weighted by Crippen LogP contribution is -2.06. The fourth-order valence-electron chi connectivity index (χ4n) is 1.57. The topological polar surface area (TPSA) is 72.3 Å². The van der Waals surface area contributed by atoms with Crippen molar-refractivity contribution in [1.82, 2.24) is 9.97 Å². The van der Waals surface area contributed by atoms with Gasteiger partial charge in [-0.1, -0.05) is 34.8 Å². The van der Waals surface area contributed by atoms with Crippen LogP contribution in [0.5, 0.6) is 5.75 Å². The lowest BCUT2D eigenvalue weighted by atomic mass is 10.1. The first-order chi connectivity index (χ1) is 9.86. The van der Waals surface area contributed by atoms with Crippen LogP contribution in [0.4, 0.5) is 4.39 Å². The first kappa shape index (κ1) is 15.8. The maximum Gasteiger partial charge on any atom is 0.356 e. The van der Waals surface area contributed by atoms with Crippen LogP contribution in [0.15, 0.2) is 12.1 Å². The Morgan fingerprint density at radius 2 is 1.95 bits per heavy atom. The number of aromatic nitrogens is 2. The van der Waals surface area contributed by atoms with Gasteiger partial charge in [-0.15, -0.1) is 0 Å². The third-order valence-electron chi connectivity index (χ3n) is 2.51. The molecule has 5 nitrogen and oxygen atoms in total. The highest BCUT2D eigenvalue weighted by molar-refractivity contribution is 6.42. The largest absolute Gasteiger partial charge is 0.492 e. The zero-order chi connectivity index (χ0) is 15.7. The van der Waals surface area contributed by atoms with Gasteiger partial charge in [-0.3, -0.25) is 0 Å². The molecule has 0 aliphatic heterocycles. The Morgan fingerprint density at radius 3 is 2.52 bits per heavy atom. The number of methoxy groups -OCH3 is 1. The average Bonchev–Trinajstić information content (AvgIpc) is 2.42. The number of carboxylic acids is 1. The Balaban J connectivity index is 2.71. The number of aromatic carboxylic acids is 1. The third kappa shape index (κ3) is 2.88. The van der Waals surface area contributed by atoms with E-state index in [2.05, 4.69) is 9.97 Å². The van der Waals surface area contributed by atoms with E-state index < -0.39 is 17.5 Å². The molecule has 1 aromatic heterocycles. The number of hydrogen-bond donors (Lipinski definition) is 1. The second-order valence-electron chi connectivity index (χ2n) is 3.75. The summed E-state index contributed by atoms with van der Waals surface area (Å²) in [5.41, 5.74) is -0.641. The standard InChI is InChI=1S/C12H6Cl3FN2O3/c1-21-9-5(13)3-2-4(7(9)16)11-17-8(12(19)20)6(14)10(15)18-11/h2-3H,1H3,(H,19,20). The maximum atomic E-state index is 14.3. The summed E-state index contributed by atoms with van der Waals surface area (Å²) in [6.45, 7) is 0. The van der Waals surface area contributed by atoms with Crippen LogP contribution in [-0.2, 0) is 0 Å². The highest BCUT2D eigenvalue weighted by Crippen LogP contribution is 2.35. The molecule has 0 unspecified atom stereocenters. The summed E-state index contributed by atoms with van der Waals surface area (Å²) >= 11 is 17.2. The van der Waals surface area contributed by atoms with Gasteiger partial charge in [0.25, 0.3) is 0 Å². The number of ether oxygens (including phenoxy) is 1. The highest BCUT2D eigenvalue weighted by Gasteiger charge is 2.21. The Bertz CT molecular complexity index is 740. The molecule has 0 saturated carbocycles. The Hall–Kier alpha value is -1.63. The van der Waals surface area contributed by atoms with Crippen molar-refractivity contribution in [3.63, 3.8) is 0 Å². The Morgan fingerprint density at radius 1 is 1.29 bits per heavy atom. The quantitative estimate of drug-likeness (QED) is 0.848. The van der Waals surface area contributed by atoms with Crippen molar-refractivity contribution in [2.24, 2.45) is 0 Å². The van der Waals surface area contributed by atoms with Gasteiger partial charge in [-0.2, -0.15) is 0 Å². The number of hydrogen-bond acceptors (Lipinski definition) is 4. The number of nitrogens with zero attached hydrogens (tertiary/aromatic N) is 2. The van der Waals surface area contributed by atoms with Crippen molar-refractivity contribution < 1.29 is 19.0 Å². The van der Waals surface area contributed by atoms with E-state index in [-0.39, 0.29) is 32.3 Å². The van der Waals surface area contributed by atoms with Crippen LogP contribution in [-0.4, -0.2) is 28.2 Å². The lowest BCUT2D eigenvalue weighted by Gasteiger charge is -2.09. The highest BCUT2D eigenvalue weighted by atomic mass is 35.5. The van der Waals surface area contributed by atoms with Crippen LogP contribution in [0.3, 0.4) is 0 Å². The molecule has 0 atom stereocenters. The monoisotopic (exact) mass is 350 g/mol. The van der Waals surface area contributed by atoms with Crippen molar-refractivity contribution in [2.75, 3.05) is 7.11 Å². The number of carbonyl (C=O) groups is 1. The van der Waals surface area contributed by atoms with Gasteiger partial charge < -0.3 is 9.84 Å². The zero-order valence-corrected chi connectivity index (χ0v) is 12.6. The molecule has 0 aliphatic carbocycles. The first-order valence-electron chi connectivity index (χ1n) is 5.35. The number of carboxylic acid groups (broad SMARTS) is 1. The molecular formula is C12H6Cl3FN2O3. The molecule has 0 bridgehead atoms. The smallest absolute Gasteiger partial charge is 0.356 e. The van der Waals surface area contributed by atoms with Crippen molar-refractivity contribution in [2.45, 2.75) is 0 Å². The predicted octanol–water partition coefficient (Wildman–Crippen LogP) is 3.95. The summed E-state index contributed by atoms with van der Waals surface area (Å²) in [5, 5.41) is 8.43. The van der Waals surface area contributed by atoms with Crippen molar-refractivity contribution in [3.8, 4) is 17.1 Å². The van der Waals surface area contributed by atoms with E-state index in [1.54, 1.807) is 0 Å². The van der Waals surface area contributed by atoms with Gasteiger partial charge in [0.05, 0.1) is 17.7 Å². The molecule has 9 heteroatoms. The SMILES string of the molecule is COc1c(Cl)ccc(-c2nc(Cl)c(Cl)c(C(=O)O)n2)c1F. The summed E-state index contributed by atoms with van der Waals surface area (Å²) < 4.78 is 19.1. The van der Waals surface area contributed by atoms with Gasteiger partial charge in [0, 0.05) is 0 Å². The Kier molecular flexibility index (Phi) is 4.51. The maximum absolute atomic E-state index is 14.3. The van der Waals surface area contributed by atoms with Crippen LogP contribution in [0.25, 0.3) is 11.4 Å². The minimum absolute atomic E-state index is 0.0530. The van der Waals surface area contributed by atoms with Crippen LogP contribution < -0.4 is 4.74 Å². The van der Waals surface area contributed by atoms with E-state index in [1.807, 2.05) is 0 Å². The molecule has 0 fully saturated rings. The minimum Gasteiger partial charge on any atom is -0.492 e. The summed E-state index contributed by atoms with van der Waals surface area (Å²) in [5.74, 6) is -2.69. The fraction of sp³-hybridized carbons (Fsp3) is 0.0833. The number of benzene rings is 1. The van der Waals surface area contributed by atoms with E-state index >= 15 is 0 Å². The van der Waals surface area contributed by atoms with Crippen LogP contribution >= 0.6 is 34.8 Å². The van der Waals surface area contributed by atoms with Crippen LogP contribution in [0, 0.1) is 5.82 Å². The van der Waals surface area contributed by atoms with Crippen LogP contribution in [0.2, 0.25) is 15.2 Å². The molecule has 1 N–H and O–H groups in total. The fourth-order valence-corrected chi connectivity index (χ4v) is 2.13. The summed E-state index contributed by atoms with van der Waals surface area (Å²) in [6.07, 6.45) is 0. The van der Waals surface area contributed by atoms with E-state index in [9.17, 15) is 9.18 Å². The second kappa shape index (κ2) is 6.01. The summed E-state index contributed by atoms with van der Waals surface area (Å²) in [7, 11) is 1.24. The molecule has 21 heavy (non-hydrogen) atoms. The molecule has 2 aromatic rings. The van der Waals surface area contributed by atoms with Gasteiger partial charge in [0.1, 0.15) is 5.02 Å². The van der Waals surface area contributed by atoms with Gasteiger partial charge >= 0.3 is 5.97 Å². The van der Waals surface area contributed by atoms with Crippen molar-refractivity contribution in [3.05, 3.63) is 38.8 Å². The first-order valence-corrected chi connectivity index (χ1v) is 6.49. The zero-order valence-electron chi connectivity index (χ0n) is 10.3. The van der Waals surface area contributed by atoms with E-state index in [4.69, 9.17) is 44.6 Å². The van der Waals surface area contributed by atoms with Crippen molar-refractivity contribution in [1.29, 1.82) is 0 Å². The van der Waals surface area contributed by atoms with Gasteiger partial charge in [-0.05, 0) is 12.1 Å². The normalized spacial score (nSPS) is 10.5. The Labute approximate surface area is 133 Å². The second-order valence-corrected chi connectivity index (χ2v) is 4.89. The van der Waals surface area contributed by atoms with E-state index in [0.29, 0.717) is 0 Å². The van der Waals surface area contributed by atoms with Crippen molar-refractivity contribution >= 4 is 40.8 Å². The molecule has 0 amide bonds. The van der Waals surface area contributed by atoms with Crippen LogP contribution in [0.1, 0.15) is 10.5 Å². The number of rotatable bonds is 3. The molecular weight excluding hydrogens is 346 g/mol. The molecule has 0 saturated heterocycles. The molecule has 2 rings (SSSR count). The number of halogens is 4. The molecule has 0 radical (unpaired) electrons. The molecule has 0 spiro atoms. The molecule has 1 heterocycles. The lowest BCUT2D eigenvalue weighted by molar-refractivity contribution is 0.0690. The van der Waals surface area contributed by atoms with Gasteiger partial charge in [-0.25, -0.2) is 19.2 Å². The summed E-state index contributed by atoms with van der Waals surface area (Å²) in [4.78, 5) is 18.5. The van der Waals surface area contributed by atoms with E-state index in [1.165, 1.54) is 19.2 Å². The molecule has 1 aromatic carbocycles. The predicted molar refractivity (Wildman–Crippen MR) is 76.0 cm³/mol. The van der Waals surface area contributed by atoms with Gasteiger partial charge in [0.2, 0.25) is 0 Å². The van der Waals surface area contributed by atoms with E-state index in [0.717, 1.165) is 0 Å². The molecule has 0 aliphatic rings. The van der Waals surface area contributed by atoms with Gasteiger partial charge in [0.15, 0.2) is 28.2 Å². The average molecular weight is 352 g/mol. The summed E-state index contributed by atoms with van der Waals surface area (Å²) in [6, 6.07) is 2.65. The third-order valence-corrected chi connectivity index (χ3v) is 3.53. The minimum atomic E-state index is -1.41. The molecule has 110 valence electrons.